The summed E-state index contributed by atoms with van der Waals surface area (Å²) in [5.74, 6) is 1.36. The van der Waals surface area contributed by atoms with Gasteiger partial charge in [0.05, 0.1) is 3.57 Å². The molecular weight excluding hydrogens is 353 g/mol. The van der Waals surface area contributed by atoms with Crippen molar-refractivity contribution in [3.8, 4) is 11.6 Å². The molecule has 0 aliphatic carbocycles. The number of para-hydroxylation sites is 1. The number of ether oxygens (including phenoxy) is 1. The summed E-state index contributed by atoms with van der Waals surface area (Å²) in [4.78, 5) is 4.48. The number of imidazole rings is 1. The van der Waals surface area contributed by atoms with Gasteiger partial charge in [-0.3, -0.25) is 4.40 Å². The van der Waals surface area contributed by atoms with E-state index in [9.17, 15) is 0 Å². The number of halogens is 1. The van der Waals surface area contributed by atoms with Crippen LogP contribution in [0.3, 0.4) is 0 Å². The molecule has 2 heterocycles. The maximum Gasteiger partial charge on any atom is 0.242 e. The van der Waals surface area contributed by atoms with Gasteiger partial charge in [-0.1, -0.05) is 18.2 Å². The Kier molecular flexibility index (Phi) is 3.39. The highest BCUT2D eigenvalue weighted by Crippen LogP contribution is 2.28. The molecule has 0 aliphatic heterocycles. The fraction of sp³-hybridized carbons (Fsp3) is 0.0714. The van der Waals surface area contributed by atoms with E-state index in [2.05, 4.69) is 27.6 Å². The van der Waals surface area contributed by atoms with Gasteiger partial charge >= 0.3 is 0 Å². The topological polar surface area (TPSA) is 52.5 Å². The molecule has 1 aromatic carbocycles. The van der Waals surface area contributed by atoms with Crippen LogP contribution in [0.2, 0.25) is 0 Å². The molecule has 2 N–H and O–H groups in total. The number of fused-ring (bicyclic) bond motifs is 1. The summed E-state index contributed by atoms with van der Waals surface area (Å²) >= 11 is 2.24. The van der Waals surface area contributed by atoms with Crippen LogP contribution in [0.15, 0.2) is 48.7 Å². The zero-order chi connectivity index (χ0) is 13.2. The van der Waals surface area contributed by atoms with Crippen molar-refractivity contribution in [3.05, 3.63) is 57.9 Å². The molecule has 3 rings (SSSR count). The Bertz CT molecular complexity index is 724. The van der Waals surface area contributed by atoms with Crippen molar-refractivity contribution in [3.63, 3.8) is 0 Å². The lowest BCUT2D eigenvalue weighted by Gasteiger charge is -2.06. The van der Waals surface area contributed by atoms with E-state index in [0.29, 0.717) is 12.4 Å². The van der Waals surface area contributed by atoms with Crippen molar-refractivity contribution in [2.45, 2.75) is 6.54 Å². The molecule has 0 saturated carbocycles. The molecule has 0 amide bonds. The number of benzene rings is 1. The van der Waals surface area contributed by atoms with Gasteiger partial charge in [-0.05, 0) is 46.9 Å². The first-order valence-electron chi connectivity index (χ1n) is 5.88. The van der Waals surface area contributed by atoms with E-state index in [1.807, 2.05) is 53.1 Å². The summed E-state index contributed by atoms with van der Waals surface area (Å²) in [7, 11) is 0. The van der Waals surface area contributed by atoms with Gasteiger partial charge in [0.2, 0.25) is 5.88 Å². The third kappa shape index (κ3) is 2.31. The molecule has 19 heavy (non-hydrogen) atoms. The largest absolute Gasteiger partial charge is 0.436 e. The van der Waals surface area contributed by atoms with Crippen LogP contribution in [0, 0.1) is 3.57 Å². The van der Waals surface area contributed by atoms with Crippen molar-refractivity contribution in [1.29, 1.82) is 0 Å². The first-order valence-corrected chi connectivity index (χ1v) is 6.96. The number of aromatic nitrogens is 2. The quantitative estimate of drug-likeness (QED) is 0.726. The summed E-state index contributed by atoms with van der Waals surface area (Å²) in [6.07, 6.45) is 1.94. The Morgan fingerprint density at radius 1 is 1.16 bits per heavy atom. The standard InChI is InChI=1S/C14H12IN3O/c15-10-5-1-2-6-12(10)19-14-11(9-16)18-8-4-3-7-13(18)17-14/h1-8H,9,16H2. The highest BCUT2D eigenvalue weighted by atomic mass is 127. The van der Waals surface area contributed by atoms with Gasteiger partial charge in [0, 0.05) is 12.7 Å². The lowest BCUT2D eigenvalue weighted by atomic mass is 10.3. The van der Waals surface area contributed by atoms with E-state index >= 15 is 0 Å². The predicted octanol–water partition coefficient (Wildman–Crippen LogP) is 3.19. The molecule has 0 spiro atoms. The average Bonchev–Trinajstić information content (AvgIpc) is 2.78. The average molecular weight is 365 g/mol. The Morgan fingerprint density at radius 2 is 1.95 bits per heavy atom. The second kappa shape index (κ2) is 5.18. The number of nitrogens with zero attached hydrogens (tertiary/aromatic N) is 2. The van der Waals surface area contributed by atoms with E-state index in [4.69, 9.17) is 10.5 Å². The lowest BCUT2D eigenvalue weighted by molar-refractivity contribution is 0.456. The van der Waals surface area contributed by atoms with E-state index in [0.717, 1.165) is 20.7 Å². The van der Waals surface area contributed by atoms with E-state index in [1.165, 1.54) is 0 Å². The molecule has 0 saturated heterocycles. The Labute approximate surface area is 124 Å². The van der Waals surface area contributed by atoms with Crippen LogP contribution in [0.25, 0.3) is 5.65 Å². The van der Waals surface area contributed by atoms with Crippen LogP contribution in [-0.2, 0) is 6.54 Å². The molecule has 0 atom stereocenters. The Morgan fingerprint density at radius 3 is 2.74 bits per heavy atom. The number of rotatable bonds is 3. The van der Waals surface area contributed by atoms with E-state index < -0.39 is 0 Å². The number of pyridine rings is 1. The summed E-state index contributed by atoms with van der Waals surface area (Å²) in [6.45, 7) is 0.379. The minimum atomic E-state index is 0.379. The van der Waals surface area contributed by atoms with Gasteiger partial charge in [-0.25, -0.2) is 0 Å². The van der Waals surface area contributed by atoms with Gasteiger partial charge in [-0.2, -0.15) is 4.98 Å². The molecule has 0 fully saturated rings. The molecule has 4 nitrogen and oxygen atoms in total. The first kappa shape index (κ1) is 12.4. The summed E-state index contributed by atoms with van der Waals surface area (Å²) in [6, 6.07) is 13.7. The number of nitrogens with two attached hydrogens (primary N) is 1. The molecule has 2 aromatic heterocycles. The lowest BCUT2D eigenvalue weighted by Crippen LogP contribution is -2.02. The van der Waals surface area contributed by atoms with Crippen molar-refractivity contribution in [2.75, 3.05) is 0 Å². The first-order chi connectivity index (χ1) is 9.29. The van der Waals surface area contributed by atoms with Gasteiger partial charge in [0.1, 0.15) is 17.1 Å². The molecule has 0 aliphatic rings. The molecule has 3 aromatic rings. The normalized spacial score (nSPS) is 10.8. The number of hydrogen-bond donors (Lipinski definition) is 1. The van der Waals surface area contributed by atoms with Crippen LogP contribution in [0.1, 0.15) is 5.69 Å². The highest BCUT2D eigenvalue weighted by molar-refractivity contribution is 14.1. The molecule has 0 unspecified atom stereocenters. The van der Waals surface area contributed by atoms with Crippen molar-refractivity contribution in [1.82, 2.24) is 9.38 Å². The molecule has 5 heteroatoms. The van der Waals surface area contributed by atoms with Crippen LogP contribution in [0.5, 0.6) is 11.6 Å². The molecule has 0 bridgehead atoms. The van der Waals surface area contributed by atoms with Crippen molar-refractivity contribution >= 4 is 28.2 Å². The third-order valence-electron chi connectivity index (χ3n) is 2.83. The zero-order valence-electron chi connectivity index (χ0n) is 10.1. The summed E-state index contributed by atoms with van der Waals surface area (Å²) in [5.41, 5.74) is 7.52. The maximum atomic E-state index is 5.90. The second-order valence-electron chi connectivity index (χ2n) is 4.03. The van der Waals surface area contributed by atoms with Crippen molar-refractivity contribution < 1.29 is 4.74 Å². The fourth-order valence-corrected chi connectivity index (χ4v) is 2.42. The van der Waals surface area contributed by atoms with Crippen molar-refractivity contribution in [2.24, 2.45) is 5.73 Å². The summed E-state index contributed by atoms with van der Waals surface area (Å²) in [5, 5.41) is 0. The highest BCUT2D eigenvalue weighted by Gasteiger charge is 2.13. The fourth-order valence-electron chi connectivity index (χ4n) is 1.92. The minimum Gasteiger partial charge on any atom is -0.436 e. The second-order valence-corrected chi connectivity index (χ2v) is 5.19. The molecule has 0 radical (unpaired) electrons. The molecule has 96 valence electrons. The monoisotopic (exact) mass is 365 g/mol. The number of hydrogen-bond acceptors (Lipinski definition) is 3. The van der Waals surface area contributed by atoms with Crippen LogP contribution in [0.4, 0.5) is 0 Å². The third-order valence-corrected chi connectivity index (χ3v) is 3.72. The zero-order valence-corrected chi connectivity index (χ0v) is 12.2. The maximum absolute atomic E-state index is 5.90. The van der Waals surface area contributed by atoms with E-state index in [1.54, 1.807) is 0 Å². The van der Waals surface area contributed by atoms with Crippen LogP contribution in [-0.4, -0.2) is 9.38 Å². The van der Waals surface area contributed by atoms with Crippen LogP contribution >= 0.6 is 22.6 Å². The summed E-state index contributed by atoms with van der Waals surface area (Å²) < 4.78 is 8.89. The molecular formula is C14H12IN3O. The Balaban J connectivity index is 2.08. The minimum absolute atomic E-state index is 0.379. The van der Waals surface area contributed by atoms with Gasteiger partial charge in [0.25, 0.3) is 0 Å². The van der Waals surface area contributed by atoms with Gasteiger partial charge in [0.15, 0.2) is 0 Å². The van der Waals surface area contributed by atoms with E-state index in [-0.39, 0.29) is 0 Å². The SMILES string of the molecule is NCc1c(Oc2ccccc2I)nc2ccccn12. The van der Waals surface area contributed by atoms with Gasteiger partial charge < -0.3 is 10.5 Å². The van der Waals surface area contributed by atoms with Gasteiger partial charge in [-0.15, -0.1) is 0 Å². The smallest absolute Gasteiger partial charge is 0.242 e. The predicted molar refractivity (Wildman–Crippen MR) is 82.3 cm³/mol. The van der Waals surface area contributed by atoms with Crippen LogP contribution < -0.4 is 10.5 Å². The Hall–Kier alpha value is -1.60.